The van der Waals surface area contributed by atoms with E-state index >= 15 is 0 Å². The number of ether oxygens (including phenoxy) is 2. The van der Waals surface area contributed by atoms with E-state index in [0.29, 0.717) is 12.0 Å². The maximum atomic E-state index is 12.0. The Morgan fingerprint density at radius 1 is 1.09 bits per heavy atom. The molecule has 1 saturated carbocycles. The highest BCUT2D eigenvalue weighted by Gasteiger charge is 2.31. The molecule has 126 valence electrons. The van der Waals surface area contributed by atoms with Gasteiger partial charge in [-0.1, -0.05) is 12.1 Å². The Kier molecular flexibility index (Phi) is 5.63. The number of benzene rings is 1. The van der Waals surface area contributed by atoms with E-state index in [1.165, 1.54) is 24.3 Å². The predicted molar refractivity (Wildman–Crippen MR) is 74.8 cm³/mol. The zero-order valence-corrected chi connectivity index (χ0v) is 12.4. The second-order valence-corrected chi connectivity index (χ2v) is 5.45. The van der Waals surface area contributed by atoms with Crippen molar-refractivity contribution >= 4 is 11.8 Å². The summed E-state index contributed by atoms with van der Waals surface area (Å²) in [5.41, 5.74) is 0.602. The first-order valence-corrected chi connectivity index (χ1v) is 7.38. The second-order valence-electron chi connectivity index (χ2n) is 5.45. The molecule has 1 aliphatic carbocycles. The summed E-state index contributed by atoms with van der Waals surface area (Å²) in [6.45, 7) is 0. The first kappa shape index (κ1) is 17.3. The third-order valence-corrected chi connectivity index (χ3v) is 3.22. The van der Waals surface area contributed by atoms with Crippen LogP contribution >= 0.6 is 0 Å². The molecule has 1 aromatic carbocycles. The summed E-state index contributed by atoms with van der Waals surface area (Å²) in [4.78, 5) is 23.1. The highest BCUT2D eigenvalue weighted by molar-refractivity contribution is 5.81. The Morgan fingerprint density at radius 2 is 1.74 bits per heavy atom. The molecule has 23 heavy (non-hydrogen) atoms. The minimum Gasteiger partial charge on any atom is -0.462 e. The van der Waals surface area contributed by atoms with Gasteiger partial charge in [0.1, 0.15) is 17.6 Å². The number of Topliss-reactive ketones (excluding diaryl/α,β-unsaturated/α-hetero) is 1. The number of hydrogen-bond donors (Lipinski definition) is 0. The van der Waals surface area contributed by atoms with Crippen molar-refractivity contribution in [3.05, 3.63) is 29.8 Å². The first-order chi connectivity index (χ1) is 10.8. The number of esters is 1. The SMILES string of the molecule is O=C(CCCC(=O)OC1CC1)Cc1ccc(OC(F)(F)F)cc1. The molecule has 1 fully saturated rings. The molecule has 7 heteroatoms. The predicted octanol–water partition coefficient (Wildman–Crippen LogP) is 3.57. The summed E-state index contributed by atoms with van der Waals surface area (Å²) in [6.07, 6.45) is -1.86. The van der Waals surface area contributed by atoms with E-state index in [4.69, 9.17) is 4.74 Å². The van der Waals surface area contributed by atoms with Crippen LogP contribution < -0.4 is 4.74 Å². The first-order valence-electron chi connectivity index (χ1n) is 7.38. The Bertz CT molecular complexity index is 547. The van der Waals surface area contributed by atoms with Crippen molar-refractivity contribution in [3.63, 3.8) is 0 Å². The number of rotatable bonds is 8. The van der Waals surface area contributed by atoms with Gasteiger partial charge in [-0.05, 0) is 37.0 Å². The van der Waals surface area contributed by atoms with E-state index in [9.17, 15) is 22.8 Å². The van der Waals surface area contributed by atoms with E-state index in [1.807, 2.05) is 0 Å². The van der Waals surface area contributed by atoms with Crippen LogP contribution in [0.4, 0.5) is 13.2 Å². The fourth-order valence-electron chi connectivity index (χ4n) is 1.99. The van der Waals surface area contributed by atoms with Crippen molar-refractivity contribution in [3.8, 4) is 5.75 Å². The van der Waals surface area contributed by atoms with Gasteiger partial charge in [0.25, 0.3) is 0 Å². The Labute approximate surface area is 131 Å². The third kappa shape index (κ3) is 7.17. The lowest BCUT2D eigenvalue weighted by atomic mass is 10.0. The van der Waals surface area contributed by atoms with Crippen LogP contribution in [0, 0.1) is 0 Å². The monoisotopic (exact) mass is 330 g/mol. The molecular formula is C16H17F3O4. The van der Waals surface area contributed by atoms with Gasteiger partial charge >= 0.3 is 12.3 Å². The van der Waals surface area contributed by atoms with Gasteiger partial charge in [-0.15, -0.1) is 13.2 Å². The standard InChI is InChI=1S/C16H17F3O4/c17-16(18,19)23-14-6-4-11(5-7-14)10-12(20)2-1-3-15(21)22-13-8-9-13/h4-7,13H,1-3,8-10H2. The van der Waals surface area contributed by atoms with Crippen molar-refractivity contribution in [1.29, 1.82) is 0 Å². The fraction of sp³-hybridized carbons (Fsp3) is 0.500. The zero-order chi connectivity index (χ0) is 16.9. The Morgan fingerprint density at radius 3 is 2.30 bits per heavy atom. The number of carbonyl (C=O) groups excluding carboxylic acids is 2. The molecule has 0 saturated heterocycles. The fourth-order valence-corrected chi connectivity index (χ4v) is 1.99. The van der Waals surface area contributed by atoms with Crippen molar-refractivity contribution in [2.45, 2.75) is 51.0 Å². The average molecular weight is 330 g/mol. The van der Waals surface area contributed by atoms with Gasteiger partial charge < -0.3 is 9.47 Å². The summed E-state index contributed by atoms with van der Waals surface area (Å²) in [5, 5.41) is 0. The molecule has 0 N–H and O–H groups in total. The van der Waals surface area contributed by atoms with Gasteiger partial charge in [0.05, 0.1) is 0 Å². The summed E-state index contributed by atoms with van der Waals surface area (Å²) in [7, 11) is 0. The zero-order valence-electron chi connectivity index (χ0n) is 12.4. The van der Waals surface area contributed by atoms with Gasteiger partial charge in [0.2, 0.25) is 0 Å². The summed E-state index contributed by atoms with van der Waals surface area (Å²) in [6, 6.07) is 5.17. The van der Waals surface area contributed by atoms with Crippen LogP contribution in [0.3, 0.4) is 0 Å². The van der Waals surface area contributed by atoms with Gasteiger partial charge in [0, 0.05) is 19.3 Å². The molecule has 4 nitrogen and oxygen atoms in total. The van der Waals surface area contributed by atoms with Gasteiger partial charge in [0.15, 0.2) is 0 Å². The average Bonchev–Trinajstić information content (AvgIpc) is 3.23. The Hall–Kier alpha value is -2.05. The molecule has 0 atom stereocenters. The topological polar surface area (TPSA) is 52.6 Å². The van der Waals surface area contributed by atoms with Crippen LogP contribution in [0.2, 0.25) is 0 Å². The molecule has 0 bridgehead atoms. The van der Waals surface area contributed by atoms with Crippen molar-refractivity contribution in [2.75, 3.05) is 0 Å². The maximum absolute atomic E-state index is 12.0. The highest BCUT2D eigenvalue weighted by Crippen LogP contribution is 2.24. The van der Waals surface area contributed by atoms with E-state index in [2.05, 4.69) is 4.74 Å². The van der Waals surface area contributed by atoms with Crippen LogP contribution in [-0.2, 0) is 20.7 Å². The largest absolute Gasteiger partial charge is 0.573 e. The minimum absolute atomic E-state index is 0.0654. The number of carbonyl (C=O) groups is 2. The molecule has 0 spiro atoms. The maximum Gasteiger partial charge on any atom is 0.573 e. The molecule has 0 heterocycles. The lowest BCUT2D eigenvalue weighted by Crippen LogP contribution is -2.17. The molecule has 0 aromatic heterocycles. The van der Waals surface area contributed by atoms with Gasteiger partial charge in [-0.2, -0.15) is 0 Å². The van der Waals surface area contributed by atoms with Crippen LogP contribution in [-0.4, -0.2) is 24.2 Å². The molecule has 0 radical (unpaired) electrons. The lowest BCUT2D eigenvalue weighted by molar-refractivity contribution is -0.274. The summed E-state index contributed by atoms with van der Waals surface area (Å²) >= 11 is 0. The van der Waals surface area contributed by atoms with Crippen LogP contribution in [0.5, 0.6) is 5.75 Å². The Balaban J connectivity index is 1.68. The summed E-state index contributed by atoms with van der Waals surface area (Å²) < 4.78 is 44.9. The summed E-state index contributed by atoms with van der Waals surface area (Å²) in [5.74, 6) is -0.681. The van der Waals surface area contributed by atoms with E-state index in [1.54, 1.807) is 0 Å². The van der Waals surface area contributed by atoms with Crippen molar-refractivity contribution in [2.24, 2.45) is 0 Å². The number of alkyl halides is 3. The van der Waals surface area contributed by atoms with E-state index < -0.39 is 6.36 Å². The van der Waals surface area contributed by atoms with Crippen molar-refractivity contribution in [1.82, 2.24) is 0 Å². The quantitative estimate of drug-likeness (QED) is 0.684. The van der Waals surface area contributed by atoms with Gasteiger partial charge in [-0.3, -0.25) is 9.59 Å². The normalized spacial score (nSPS) is 14.4. The molecule has 0 aliphatic heterocycles. The molecule has 1 aromatic rings. The van der Waals surface area contributed by atoms with Crippen LogP contribution in [0.25, 0.3) is 0 Å². The minimum atomic E-state index is -4.73. The smallest absolute Gasteiger partial charge is 0.462 e. The van der Waals surface area contributed by atoms with E-state index in [0.717, 1.165) is 12.8 Å². The highest BCUT2D eigenvalue weighted by atomic mass is 19.4. The second kappa shape index (κ2) is 7.48. The molecule has 0 unspecified atom stereocenters. The van der Waals surface area contributed by atoms with Crippen molar-refractivity contribution < 1.29 is 32.2 Å². The molecular weight excluding hydrogens is 313 g/mol. The van der Waals surface area contributed by atoms with Crippen LogP contribution in [0.15, 0.2) is 24.3 Å². The number of halogens is 3. The van der Waals surface area contributed by atoms with Gasteiger partial charge in [-0.25, -0.2) is 0 Å². The number of ketones is 1. The van der Waals surface area contributed by atoms with E-state index in [-0.39, 0.29) is 42.9 Å². The number of hydrogen-bond acceptors (Lipinski definition) is 4. The van der Waals surface area contributed by atoms with Crippen LogP contribution in [0.1, 0.15) is 37.7 Å². The molecule has 1 aliphatic rings. The molecule has 0 amide bonds. The lowest BCUT2D eigenvalue weighted by Gasteiger charge is -2.09. The third-order valence-electron chi connectivity index (χ3n) is 3.22. The molecule has 2 rings (SSSR count).